The lowest BCUT2D eigenvalue weighted by molar-refractivity contribution is 0.264. The third kappa shape index (κ3) is 4.35. The van der Waals surface area contributed by atoms with Crippen LogP contribution in [0.5, 0.6) is 5.75 Å². The van der Waals surface area contributed by atoms with Crippen LogP contribution in [-0.2, 0) is 0 Å². The number of ether oxygens (including phenoxy) is 1. The summed E-state index contributed by atoms with van der Waals surface area (Å²) in [6, 6.07) is 9.93. The van der Waals surface area contributed by atoms with E-state index in [0.29, 0.717) is 6.61 Å². The van der Waals surface area contributed by atoms with Crippen LogP contribution in [0.15, 0.2) is 28.7 Å². The normalized spacial score (nSPS) is 10.8. The van der Waals surface area contributed by atoms with Gasteiger partial charge >= 0.3 is 0 Å². The Morgan fingerprint density at radius 2 is 1.93 bits per heavy atom. The molecule has 0 aromatic heterocycles. The van der Waals surface area contributed by atoms with E-state index in [1.54, 1.807) is 0 Å². The summed E-state index contributed by atoms with van der Waals surface area (Å²) in [6.07, 6.45) is 0.736. The summed E-state index contributed by atoms with van der Waals surface area (Å²) in [7, 11) is 0. The summed E-state index contributed by atoms with van der Waals surface area (Å²) in [5.41, 5.74) is -0.310. The van der Waals surface area contributed by atoms with Gasteiger partial charge in [-0.3, -0.25) is 0 Å². The van der Waals surface area contributed by atoms with Gasteiger partial charge in [0.05, 0.1) is 18.1 Å². The summed E-state index contributed by atoms with van der Waals surface area (Å²) in [4.78, 5) is 0. The van der Waals surface area contributed by atoms with Gasteiger partial charge in [-0.15, -0.1) is 0 Å². The van der Waals surface area contributed by atoms with Gasteiger partial charge in [-0.2, -0.15) is 5.26 Å². The Labute approximate surface area is 99.0 Å². The second kappa shape index (κ2) is 5.18. The first-order valence-corrected chi connectivity index (χ1v) is 5.62. The largest absolute Gasteiger partial charge is 0.494 e. The molecule has 15 heavy (non-hydrogen) atoms. The minimum atomic E-state index is -0.310. The number of hydrogen-bond acceptors (Lipinski definition) is 2. The lowest BCUT2D eigenvalue weighted by Crippen LogP contribution is -2.13. The molecule has 0 N–H and O–H groups in total. The van der Waals surface area contributed by atoms with E-state index in [4.69, 9.17) is 10.00 Å². The fourth-order valence-electron chi connectivity index (χ4n) is 1.01. The average Bonchev–Trinajstić information content (AvgIpc) is 2.21. The monoisotopic (exact) mass is 267 g/mol. The Morgan fingerprint density at radius 1 is 1.33 bits per heavy atom. The highest BCUT2D eigenvalue weighted by Crippen LogP contribution is 2.20. The predicted octanol–water partition coefficient (Wildman–Crippen LogP) is 3.77. The van der Waals surface area contributed by atoms with E-state index in [-0.39, 0.29) is 5.41 Å². The van der Waals surface area contributed by atoms with Crippen molar-refractivity contribution in [3.8, 4) is 11.8 Å². The summed E-state index contributed by atoms with van der Waals surface area (Å²) in [6.45, 7) is 4.40. The Kier molecular flexibility index (Phi) is 4.16. The molecular formula is C12H14BrNO. The van der Waals surface area contributed by atoms with Crippen LogP contribution in [0.25, 0.3) is 0 Å². The second-order valence-electron chi connectivity index (χ2n) is 4.05. The van der Waals surface area contributed by atoms with Crippen LogP contribution in [0.1, 0.15) is 20.3 Å². The number of benzene rings is 1. The highest BCUT2D eigenvalue weighted by molar-refractivity contribution is 9.10. The van der Waals surface area contributed by atoms with Crippen LogP contribution in [0, 0.1) is 16.7 Å². The fourth-order valence-corrected chi connectivity index (χ4v) is 1.28. The molecule has 0 amide bonds. The van der Waals surface area contributed by atoms with Crippen LogP contribution < -0.4 is 4.74 Å². The first-order chi connectivity index (χ1) is 7.03. The number of nitriles is 1. The van der Waals surface area contributed by atoms with Gasteiger partial charge in [-0.1, -0.05) is 15.9 Å². The van der Waals surface area contributed by atoms with Gasteiger partial charge in [0.2, 0.25) is 0 Å². The van der Waals surface area contributed by atoms with Crippen molar-refractivity contribution in [3.05, 3.63) is 28.7 Å². The van der Waals surface area contributed by atoms with Gasteiger partial charge in [0.1, 0.15) is 5.75 Å². The Bertz CT molecular complexity index is 351. The maximum absolute atomic E-state index is 8.82. The van der Waals surface area contributed by atoms with Crippen molar-refractivity contribution < 1.29 is 4.74 Å². The Morgan fingerprint density at radius 3 is 2.47 bits per heavy atom. The van der Waals surface area contributed by atoms with E-state index in [2.05, 4.69) is 22.0 Å². The molecule has 0 aliphatic rings. The van der Waals surface area contributed by atoms with E-state index in [1.807, 2.05) is 38.1 Å². The van der Waals surface area contributed by atoms with Crippen LogP contribution in [-0.4, -0.2) is 6.61 Å². The zero-order chi connectivity index (χ0) is 11.3. The summed E-state index contributed by atoms with van der Waals surface area (Å²) in [5, 5.41) is 8.82. The molecule has 0 radical (unpaired) electrons. The van der Waals surface area contributed by atoms with Crippen LogP contribution in [0.2, 0.25) is 0 Å². The predicted molar refractivity (Wildman–Crippen MR) is 63.6 cm³/mol. The van der Waals surface area contributed by atoms with Crippen molar-refractivity contribution in [1.29, 1.82) is 5.26 Å². The van der Waals surface area contributed by atoms with Crippen molar-refractivity contribution in [1.82, 2.24) is 0 Å². The third-order valence-corrected chi connectivity index (χ3v) is 2.64. The maximum atomic E-state index is 8.82. The number of hydrogen-bond donors (Lipinski definition) is 0. The number of nitrogens with zero attached hydrogens (tertiary/aromatic N) is 1. The van der Waals surface area contributed by atoms with E-state index < -0.39 is 0 Å². The van der Waals surface area contributed by atoms with Crippen LogP contribution in [0.4, 0.5) is 0 Å². The molecule has 0 saturated carbocycles. The summed E-state index contributed by atoms with van der Waals surface area (Å²) in [5.74, 6) is 0.840. The molecular weight excluding hydrogens is 254 g/mol. The average molecular weight is 268 g/mol. The lowest BCUT2D eigenvalue weighted by Gasteiger charge is -2.15. The molecule has 0 fully saturated rings. The molecule has 0 unspecified atom stereocenters. The van der Waals surface area contributed by atoms with Gasteiger partial charge in [-0.05, 0) is 44.5 Å². The fraction of sp³-hybridized carbons (Fsp3) is 0.417. The van der Waals surface area contributed by atoms with Crippen LogP contribution in [0.3, 0.4) is 0 Å². The zero-order valence-electron chi connectivity index (χ0n) is 8.96. The highest BCUT2D eigenvalue weighted by Gasteiger charge is 2.16. The van der Waals surface area contributed by atoms with E-state index in [0.717, 1.165) is 16.6 Å². The van der Waals surface area contributed by atoms with Gasteiger partial charge in [-0.25, -0.2) is 0 Å². The second-order valence-corrected chi connectivity index (χ2v) is 4.96. The molecule has 0 bridgehead atoms. The highest BCUT2D eigenvalue weighted by atomic mass is 79.9. The molecule has 1 aromatic rings. The Balaban J connectivity index is 2.39. The summed E-state index contributed by atoms with van der Waals surface area (Å²) < 4.78 is 6.56. The third-order valence-electron chi connectivity index (χ3n) is 2.11. The minimum absolute atomic E-state index is 0.310. The molecule has 0 aliphatic carbocycles. The van der Waals surface area contributed by atoms with Crippen molar-refractivity contribution in [2.75, 3.05) is 6.61 Å². The molecule has 0 heterocycles. The molecule has 1 rings (SSSR count). The molecule has 80 valence electrons. The van der Waals surface area contributed by atoms with Crippen molar-refractivity contribution in [3.63, 3.8) is 0 Å². The molecule has 2 nitrogen and oxygen atoms in total. The first-order valence-electron chi connectivity index (χ1n) is 4.83. The van der Waals surface area contributed by atoms with Crippen molar-refractivity contribution in [2.45, 2.75) is 20.3 Å². The van der Waals surface area contributed by atoms with E-state index in [1.165, 1.54) is 0 Å². The molecule has 3 heteroatoms. The zero-order valence-corrected chi connectivity index (χ0v) is 10.5. The Hall–Kier alpha value is -1.01. The maximum Gasteiger partial charge on any atom is 0.119 e. The van der Waals surface area contributed by atoms with Gasteiger partial charge in [0.25, 0.3) is 0 Å². The lowest BCUT2D eigenvalue weighted by atomic mass is 9.92. The molecule has 1 aromatic carbocycles. The quantitative estimate of drug-likeness (QED) is 0.832. The van der Waals surface area contributed by atoms with Gasteiger partial charge in [0.15, 0.2) is 0 Å². The standard InChI is InChI=1S/C12H14BrNO/c1-12(2,9-14)7-8-15-11-5-3-10(13)4-6-11/h3-6H,7-8H2,1-2H3. The van der Waals surface area contributed by atoms with E-state index >= 15 is 0 Å². The molecule has 0 saturated heterocycles. The number of rotatable bonds is 4. The van der Waals surface area contributed by atoms with Crippen molar-refractivity contribution in [2.24, 2.45) is 5.41 Å². The minimum Gasteiger partial charge on any atom is -0.494 e. The van der Waals surface area contributed by atoms with Gasteiger partial charge < -0.3 is 4.74 Å². The summed E-state index contributed by atoms with van der Waals surface area (Å²) >= 11 is 3.36. The molecule has 0 atom stereocenters. The number of halogens is 1. The smallest absolute Gasteiger partial charge is 0.119 e. The molecule has 0 aliphatic heterocycles. The van der Waals surface area contributed by atoms with Crippen molar-refractivity contribution >= 4 is 15.9 Å². The van der Waals surface area contributed by atoms with Crippen LogP contribution >= 0.6 is 15.9 Å². The topological polar surface area (TPSA) is 33.0 Å². The molecule has 0 spiro atoms. The van der Waals surface area contributed by atoms with E-state index in [9.17, 15) is 0 Å². The first kappa shape index (κ1) is 12.1. The SMILES string of the molecule is CC(C)(C#N)CCOc1ccc(Br)cc1. The van der Waals surface area contributed by atoms with Gasteiger partial charge in [0, 0.05) is 4.47 Å².